The first kappa shape index (κ1) is 11.2. The van der Waals surface area contributed by atoms with Crippen LogP contribution in [0.25, 0.3) is 0 Å². The molecule has 2 N–H and O–H groups in total. The van der Waals surface area contributed by atoms with Crippen LogP contribution in [0.3, 0.4) is 0 Å². The molecule has 2 aliphatic rings. The summed E-state index contributed by atoms with van der Waals surface area (Å²) < 4.78 is 13.3. The van der Waals surface area contributed by atoms with Gasteiger partial charge in [0.1, 0.15) is 5.67 Å². The minimum absolute atomic E-state index is 0. The highest BCUT2D eigenvalue weighted by Crippen LogP contribution is 2.40. The fourth-order valence-electron chi connectivity index (χ4n) is 1.93. The topological polar surface area (TPSA) is 29.3 Å². The summed E-state index contributed by atoms with van der Waals surface area (Å²) in [7, 11) is 0. The van der Waals surface area contributed by atoms with Crippen molar-refractivity contribution in [2.75, 3.05) is 19.6 Å². The van der Waals surface area contributed by atoms with Crippen LogP contribution < -0.4 is 5.73 Å². The Labute approximate surface area is 85.1 Å². The molecule has 2 fully saturated rings. The van der Waals surface area contributed by atoms with Crippen molar-refractivity contribution in [1.82, 2.24) is 4.90 Å². The summed E-state index contributed by atoms with van der Waals surface area (Å²) in [6.07, 6.45) is 3.77. The zero-order valence-electron chi connectivity index (χ0n) is 7.84. The van der Waals surface area contributed by atoms with E-state index in [0.717, 1.165) is 38.8 Å². The Morgan fingerprint density at radius 2 is 2.15 bits per heavy atom. The number of nitrogens with zero attached hydrogens (tertiary/aromatic N) is 1. The summed E-state index contributed by atoms with van der Waals surface area (Å²) in [6, 6.07) is 0.279. The Morgan fingerprint density at radius 3 is 2.69 bits per heavy atom. The van der Waals surface area contributed by atoms with Gasteiger partial charge < -0.3 is 5.73 Å². The molecule has 1 aliphatic carbocycles. The molecule has 1 heterocycles. The number of hydrogen-bond acceptors (Lipinski definition) is 2. The summed E-state index contributed by atoms with van der Waals surface area (Å²) in [6.45, 7) is 2.56. The third-order valence-electron chi connectivity index (χ3n) is 2.84. The smallest absolute Gasteiger partial charge is 0.123 e. The highest BCUT2D eigenvalue weighted by atomic mass is 35.5. The molecular weight excluding hydrogens is 191 g/mol. The predicted octanol–water partition coefficient (Wildman–Crippen LogP) is 1.33. The Hall–Kier alpha value is 0.140. The van der Waals surface area contributed by atoms with Crippen molar-refractivity contribution >= 4 is 12.4 Å². The summed E-state index contributed by atoms with van der Waals surface area (Å²) in [5.41, 5.74) is 4.96. The third-order valence-corrected chi connectivity index (χ3v) is 2.84. The van der Waals surface area contributed by atoms with Crippen molar-refractivity contribution in [1.29, 1.82) is 0 Å². The second kappa shape index (κ2) is 4.11. The average Bonchev–Trinajstić information content (AvgIpc) is 2.67. The van der Waals surface area contributed by atoms with Gasteiger partial charge in [0.2, 0.25) is 0 Å². The van der Waals surface area contributed by atoms with Crippen LogP contribution in [0.4, 0.5) is 4.39 Å². The van der Waals surface area contributed by atoms with E-state index in [4.69, 9.17) is 5.73 Å². The van der Waals surface area contributed by atoms with Gasteiger partial charge in [-0.1, -0.05) is 0 Å². The van der Waals surface area contributed by atoms with Gasteiger partial charge in [0.15, 0.2) is 0 Å². The van der Waals surface area contributed by atoms with Crippen LogP contribution in [0.1, 0.15) is 25.7 Å². The fraction of sp³-hybridized carbons (Fsp3) is 1.00. The highest BCUT2D eigenvalue weighted by Gasteiger charge is 2.44. The molecule has 0 aromatic rings. The molecule has 2 rings (SSSR count). The molecule has 4 heteroatoms. The van der Waals surface area contributed by atoms with E-state index in [1.165, 1.54) is 0 Å². The van der Waals surface area contributed by atoms with E-state index in [2.05, 4.69) is 4.90 Å². The van der Waals surface area contributed by atoms with Gasteiger partial charge in [-0.15, -0.1) is 12.4 Å². The maximum absolute atomic E-state index is 13.3. The van der Waals surface area contributed by atoms with Gasteiger partial charge in [0.25, 0.3) is 0 Å². The maximum Gasteiger partial charge on any atom is 0.123 e. The van der Waals surface area contributed by atoms with Crippen LogP contribution >= 0.6 is 12.4 Å². The van der Waals surface area contributed by atoms with E-state index in [1.54, 1.807) is 0 Å². The SMILES string of the molecule is Cl.NC1CCCN(CC2(F)CC2)C1. The lowest BCUT2D eigenvalue weighted by atomic mass is 10.1. The Bertz CT molecular complexity index is 173. The van der Waals surface area contributed by atoms with Crippen LogP contribution in [0, 0.1) is 0 Å². The van der Waals surface area contributed by atoms with E-state index in [-0.39, 0.29) is 18.4 Å². The van der Waals surface area contributed by atoms with Crippen molar-refractivity contribution in [2.45, 2.75) is 37.4 Å². The van der Waals surface area contributed by atoms with Crippen molar-refractivity contribution < 1.29 is 4.39 Å². The standard InChI is InChI=1S/C9H17FN2.ClH/c10-9(3-4-9)7-12-5-1-2-8(11)6-12;/h8H,1-7,11H2;1H. The number of likely N-dealkylation sites (tertiary alicyclic amines) is 1. The lowest BCUT2D eigenvalue weighted by molar-refractivity contribution is 0.143. The molecule has 0 amide bonds. The van der Waals surface area contributed by atoms with Crippen LogP contribution in [0.2, 0.25) is 0 Å². The van der Waals surface area contributed by atoms with Crippen molar-refractivity contribution in [2.24, 2.45) is 5.73 Å². The zero-order chi connectivity index (χ0) is 8.60. The number of nitrogens with two attached hydrogens (primary N) is 1. The number of rotatable bonds is 2. The summed E-state index contributed by atoms with van der Waals surface area (Å²) >= 11 is 0. The van der Waals surface area contributed by atoms with E-state index in [9.17, 15) is 4.39 Å². The van der Waals surface area contributed by atoms with E-state index >= 15 is 0 Å². The van der Waals surface area contributed by atoms with Crippen LogP contribution in [0.5, 0.6) is 0 Å². The number of hydrogen-bond donors (Lipinski definition) is 1. The van der Waals surface area contributed by atoms with Gasteiger partial charge in [-0.2, -0.15) is 0 Å². The minimum Gasteiger partial charge on any atom is -0.327 e. The lowest BCUT2D eigenvalue weighted by Gasteiger charge is -2.31. The van der Waals surface area contributed by atoms with Crippen LogP contribution in [-0.4, -0.2) is 36.2 Å². The Kier molecular flexibility index (Phi) is 3.55. The van der Waals surface area contributed by atoms with Gasteiger partial charge in [-0.3, -0.25) is 4.90 Å². The van der Waals surface area contributed by atoms with Gasteiger partial charge >= 0.3 is 0 Å². The minimum atomic E-state index is -0.836. The van der Waals surface area contributed by atoms with Crippen LogP contribution in [0.15, 0.2) is 0 Å². The summed E-state index contributed by atoms with van der Waals surface area (Å²) in [4.78, 5) is 2.18. The predicted molar refractivity (Wildman–Crippen MR) is 54.0 cm³/mol. The van der Waals surface area contributed by atoms with E-state index in [1.807, 2.05) is 0 Å². The number of alkyl halides is 1. The quantitative estimate of drug-likeness (QED) is 0.742. The zero-order valence-corrected chi connectivity index (χ0v) is 8.65. The molecule has 0 aromatic carbocycles. The van der Waals surface area contributed by atoms with Crippen LogP contribution in [-0.2, 0) is 0 Å². The van der Waals surface area contributed by atoms with Gasteiger partial charge in [-0.25, -0.2) is 4.39 Å². The van der Waals surface area contributed by atoms with Crippen molar-refractivity contribution in [3.63, 3.8) is 0 Å². The second-order valence-electron chi connectivity index (χ2n) is 4.29. The third kappa shape index (κ3) is 3.08. The highest BCUT2D eigenvalue weighted by molar-refractivity contribution is 5.85. The molecule has 0 radical (unpaired) electrons. The molecule has 78 valence electrons. The van der Waals surface area contributed by atoms with E-state index < -0.39 is 5.67 Å². The average molecular weight is 209 g/mol. The monoisotopic (exact) mass is 208 g/mol. The van der Waals surface area contributed by atoms with Gasteiger partial charge in [-0.05, 0) is 32.2 Å². The number of piperidine rings is 1. The molecule has 13 heavy (non-hydrogen) atoms. The molecule has 1 unspecified atom stereocenters. The molecular formula is C9H18ClFN2. The molecule has 1 atom stereocenters. The molecule has 0 aromatic heterocycles. The van der Waals surface area contributed by atoms with Gasteiger partial charge in [0.05, 0.1) is 0 Å². The van der Waals surface area contributed by atoms with Crippen molar-refractivity contribution in [3.05, 3.63) is 0 Å². The van der Waals surface area contributed by atoms with Gasteiger partial charge in [0, 0.05) is 19.1 Å². The summed E-state index contributed by atoms with van der Waals surface area (Å²) in [5, 5.41) is 0. The molecule has 0 spiro atoms. The fourth-order valence-corrected chi connectivity index (χ4v) is 1.93. The van der Waals surface area contributed by atoms with E-state index in [0.29, 0.717) is 6.54 Å². The first-order valence-corrected chi connectivity index (χ1v) is 4.85. The second-order valence-corrected chi connectivity index (χ2v) is 4.29. The summed E-state index contributed by atoms with van der Waals surface area (Å²) in [5.74, 6) is 0. The first-order chi connectivity index (χ1) is 5.68. The van der Waals surface area contributed by atoms with Crippen molar-refractivity contribution in [3.8, 4) is 0 Å². The first-order valence-electron chi connectivity index (χ1n) is 4.85. The molecule has 0 bridgehead atoms. The normalized spacial score (nSPS) is 32.3. The number of halogens is 2. The largest absolute Gasteiger partial charge is 0.327 e. The molecule has 1 aliphatic heterocycles. The molecule has 1 saturated heterocycles. The Morgan fingerprint density at radius 1 is 1.46 bits per heavy atom. The molecule has 2 nitrogen and oxygen atoms in total. The molecule has 1 saturated carbocycles. The maximum atomic E-state index is 13.3. The lowest BCUT2D eigenvalue weighted by Crippen LogP contribution is -2.45. The Balaban J connectivity index is 0.000000845.